The molecule has 2 heterocycles. The van der Waals surface area contributed by atoms with Crippen LogP contribution in [0.2, 0.25) is 0 Å². The average molecular weight is 951 g/mol. The third kappa shape index (κ3) is 6.11. The molecule has 75 heavy (non-hydrogen) atoms. The van der Waals surface area contributed by atoms with Crippen molar-refractivity contribution in [2.45, 2.75) is 5.41 Å². The topological polar surface area (TPSA) is 51.6 Å². The van der Waals surface area contributed by atoms with Gasteiger partial charge in [-0.15, -0.1) is 0 Å². The molecule has 0 unspecified atom stereocenters. The van der Waals surface area contributed by atoms with Crippen LogP contribution in [0, 0.1) is 0 Å². The fourth-order valence-corrected chi connectivity index (χ4v) is 12.9. The minimum Gasteiger partial charge on any atom is -0.252 e. The van der Waals surface area contributed by atoms with Crippen molar-refractivity contribution in [1.82, 2.24) is 19.9 Å². The van der Waals surface area contributed by atoms with Gasteiger partial charge in [0.1, 0.15) is 0 Å². The van der Waals surface area contributed by atoms with E-state index in [9.17, 15) is 0 Å². The first-order valence-corrected chi connectivity index (χ1v) is 25.7. The summed E-state index contributed by atoms with van der Waals surface area (Å²) in [7, 11) is 0. The van der Waals surface area contributed by atoms with Gasteiger partial charge in [-0.1, -0.05) is 212 Å². The first-order chi connectivity index (χ1) is 37.2. The van der Waals surface area contributed by atoms with E-state index in [4.69, 9.17) is 19.9 Å². The van der Waals surface area contributed by atoms with Crippen molar-refractivity contribution in [3.63, 3.8) is 0 Å². The van der Waals surface area contributed by atoms with Gasteiger partial charge in [-0.05, 0) is 124 Å². The minimum absolute atomic E-state index is 0.488. The Morgan fingerprint density at radius 2 is 0.747 bits per heavy atom. The molecule has 2 aromatic heterocycles. The number of benzene rings is 12. The summed E-state index contributed by atoms with van der Waals surface area (Å²) in [5.41, 5.74) is 20.0. The van der Waals surface area contributed by atoms with Crippen LogP contribution in [0.3, 0.4) is 0 Å². The molecule has 0 fully saturated rings. The Morgan fingerprint density at radius 3 is 1.41 bits per heavy atom. The lowest BCUT2D eigenvalue weighted by Gasteiger charge is -2.30. The van der Waals surface area contributed by atoms with E-state index in [1.165, 1.54) is 71.4 Å². The smallest absolute Gasteiger partial charge is 0.160 e. The van der Waals surface area contributed by atoms with E-state index in [0.29, 0.717) is 5.82 Å². The fourth-order valence-electron chi connectivity index (χ4n) is 12.9. The van der Waals surface area contributed by atoms with Gasteiger partial charge in [0.15, 0.2) is 5.82 Å². The van der Waals surface area contributed by atoms with E-state index in [2.05, 4.69) is 249 Å². The zero-order valence-electron chi connectivity index (χ0n) is 40.5. The highest BCUT2D eigenvalue weighted by Crippen LogP contribution is 2.63. The third-order valence-electron chi connectivity index (χ3n) is 16.1. The van der Waals surface area contributed by atoms with Crippen LogP contribution in [-0.4, -0.2) is 19.9 Å². The predicted octanol–water partition coefficient (Wildman–Crippen LogP) is 17.7. The minimum atomic E-state index is -0.488. The van der Waals surface area contributed by atoms with Crippen molar-refractivity contribution in [2.24, 2.45) is 0 Å². The second-order valence-electron chi connectivity index (χ2n) is 20.0. The Kier molecular flexibility index (Phi) is 8.92. The molecule has 2 aliphatic rings. The van der Waals surface area contributed by atoms with E-state index in [0.717, 1.165) is 77.7 Å². The first-order valence-electron chi connectivity index (χ1n) is 25.7. The number of rotatable bonds is 5. The fraction of sp³-hybridized carbons (Fsp3) is 0.0141. The molecular weight excluding hydrogens is 909 g/mol. The van der Waals surface area contributed by atoms with Crippen LogP contribution < -0.4 is 0 Å². The van der Waals surface area contributed by atoms with E-state index < -0.39 is 5.41 Å². The van der Waals surface area contributed by atoms with Crippen LogP contribution in [0.25, 0.3) is 133 Å². The molecule has 0 saturated carbocycles. The van der Waals surface area contributed by atoms with E-state index in [-0.39, 0.29) is 0 Å². The summed E-state index contributed by atoms with van der Waals surface area (Å²) in [5.74, 6) is 0.625. The van der Waals surface area contributed by atoms with Crippen LogP contribution in [0.1, 0.15) is 22.3 Å². The molecule has 0 bridgehead atoms. The summed E-state index contributed by atoms with van der Waals surface area (Å²) in [6.45, 7) is 0. The normalized spacial score (nSPS) is 12.9. The lowest BCUT2D eigenvalue weighted by Crippen LogP contribution is -2.25. The van der Waals surface area contributed by atoms with Crippen molar-refractivity contribution < 1.29 is 0 Å². The summed E-state index contributed by atoms with van der Waals surface area (Å²) in [5, 5.41) is 9.26. The maximum atomic E-state index is 5.64. The van der Waals surface area contributed by atoms with Gasteiger partial charge in [0.2, 0.25) is 0 Å². The van der Waals surface area contributed by atoms with Crippen LogP contribution >= 0.6 is 0 Å². The summed E-state index contributed by atoms with van der Waals surface area (Å²) in [6.07, 6.45) is 1.94. The number of hydrogen-bond acceptors (Lipinski definition) is 4. The highest BCUT2D eigenvalue weighted by molar-refractivity contribution is 6.23. The van der Waals surface area contributed by atoms with Crippen LogP contribution in [0.15, 0.2) is 255 Å². The molecule has 16 rings (SSSR count). The Balaban J connectivity index is 0.950. The van der Waals surface area contributed by atoms with Crippen molar-refractivity contribution >= 4 is 54.1 Å². The van der Waals surface area contributed by atoms with Gasteiger partial charge in [-0.25, -0.2) is 15.0 Å². The second-order valence-corrected chi connectivity index (χ2v) is 20.0. The van der Waals surface area contributed by atoms with Crippen molar-refractivity contribution in [2.75, 3.05) is 0 Å². The van der Waals surface area contributed by atoms with Crippen molar-refractivity contribution in [3.05, 3.63) is 277 Å². The van der Waals surface area contributed by atoms with Crippen molar-refractivity contribution in [3.8, 4) is 78.5 Å². The van der Waals surface area contributed by atoms with Gasteiger partial charge in [-0.2, -0.15) is 0 Å². The van der Waals surface area contributed by atoms with E-state index in [1.807, 2.05) is 6.20 Å². The Labute approximate surface area is 433 Å². The number of fused-ring (bicyclic) bond motifs is 19. The molecule has 346 valence electrons. The highest BCUT2D eigenvalue weighted by atomic mass is 14.9. The Hall–Kier alpha value is -9.90. The predicted molar refractivity (Wildman–Crippen MR) is 309 cm³/mol. The first kappa shape index (κ1) is 41.7. The molecular formula is C71H42N4. The summed E-state index contributed by atoms with van der Waals surface area (Å²) in [4.78, 5) is 21.9. The van der Waals surface area contributed by atoms with Gasteiger partial charge in [0.25, 0.3) is 0 Å². The number of aromatic nitrogens is 4. The van der Waals surface area contributed by atoms with Gasteiger partial charge in [-0.3, -0.25) is 4.98 Å². The standard InChI is InChI=1S/C71H42N4/c1-2-18-43(19-3-1)65-41-66(45-34-35-57-56-28-14-17-33-63(56)71(64(57)40-45)61-31-15-12-26-54(61)55-27-13-16-32-62(55)71)75-70(74-65)48-37-46(60-39-44-20-4-5-21-49(44)50-22-6-7-25-53(50)60)36-47(38-48)67-42-72-68-58-29-10-8-23-51(58)52-24-9-11-30-59(52)69(68)73-67/h1-42H. The quantitative estimate of drug-likeness (QED) is 0.161. The van der Waals surface area contributed by atoms with E-state index in [1.54, 1.807) is 0 Å². The molecule has 0 amide bonds. The van der Waals surface area contributed by atoms with Gasteiger partial charge < -0.3 is 0 Å². The molecule has 14 aromatic rings. The molecule has 4 heteroatoms. The molecule has 2 aliphatic carbocycles. The maximum Gasteiger partial charge on any atom is 0.160 e. The molecule has 4 nitrogen and oxygen atoms in total. The third-order valence-corrected chi connectivity index (χ3v) is 16.1. The zero-order chi connectivity index (χ0) is 49.2. The maximum absolute atomic E-state index is 5.64. The molecule has 0 radical (unpaired) electrons. The average Bonchev–Trinajstić information content (AvgIpc) is 3.99. The van der Waals surface area contributed by atoms with Crippen LogP contribution in [0.5, 0.6) is 0 Å². The summed E-state index contributed by atoms with van der Waals surface area (Å²) >= 11 is 0. The largest absolute Gasteiger partial charge is 0.252 e. The van der Waals surface area contributed by atoms with Gasteiger partial charge in [0, 0.05) is 33.0 Å². The molecule has 0 atom stereocenters. The van der Waals surface area contributed by atoms with Crippen LogP contribution in [-0.2, 0) is 5.41 Å². The highest BCUT2D eigenvalue weighted by Gasteiger charge is 2.51. The molecule has 12 aromatic carbocycles. The summed E-state index contributed by atoms with van der Waals surface area (Å²) < 4.78 is 0. The molecule has 0 aliphatic heterocycles. The Bertz CT molecular complexity index is 4630. The Morgan fingerprint density at radius 1 is 0.253 bits per heavy atom. The second kappa shape index (κ2) is 16.1. The molecule has 0 saturated heterocycles. The zero-order valence-corrected chi connectivity index (χ0v) is 40.5. The monoisotopic (exact) mass is 950 g/mol. The van der Waals surface area contributed by atoms with E-state index >= 15 is 0 Å². The lowest BCUT2D eigenvalue weighted by molar-refractivity contribution is 0.794. The molecule has 1 spiro atoms. The SMILES string of the molecule is c1ccc(-c2cc(-c3ccc4c(c3)C3(c5ccccc5-c5ccccc53)c3ccccc3-4)nc(-c3cc(-c4cnc5c6ccccc6c6ccccc6c5n4)cc(-c4cc5ccccc5c5ccccc45)c3)n2)cc1. The number of nitrogens with zero attached hydrogens (tertiary/aromatic N) is 4. The van der Waals surface area contributed by atoms with Crippen molar-refractivity contribution in [1.29, 1.82) is 0 Å². The summed E-state index contributed by atoms with van der Waals surface area (Å²) in [6, 6.07) is 90.1. The van der Waals surface area contributed by atoms with Gasteiger partial charge in [0.05, 0.1) is 39.7 Å². The molecule has 0 N–H and O–H groups in total. The van der Waals surface area contributed by atoms with Crippen LogP contribution in [0.4, 0.5) is 0 Å². The number of hydrogen-bond donors (Lipinski definition) is 0. The van der Waals surface area contributed by atoms with Gasteiger partial charge >= 0.3 is 0 Å². The lowest BCUT2D eigenvalue weighted by atomic mass is 9.70.